The Kier molecular flexibility index (Phi) is 5.35. The quantitative estimate of drug-likeness (QED) is 0.769. The second-order valence-electron chi connectivity index (χ2n) is 6.55. The fourth-order valence-electron chi connectivity index (χ4n) is 3.03. The molecular weight excluding hydrogens is 330 g/mol. The first-order valence-corrected chi connectivity index (χ1v) is 8.56. The number of likely N-dealkylation sites (N-methyl/N-ethyl adjacent to an activating group) is 1. The highest BCUT2D eigenvalue weighted by Crippen LogP contribution is 2.24. The van der Waals surface area contributed by atoms with Crippen molar-refractivity contribution in [3.8, 4) is 0 Å². The molecule has 6 nitrogen and oxygen atoms in total. The Balaban J connectivity index is 1.74. The molecular formula is C20H23N3O3. The molecule has 3 atom stereocenters. The van der Waals surface area contributed by atoms with Gasteiger partial charge in [-0.3, -0.25) is 14.9 Å². The van der Waals surface area contributed by atoms with E-state index in [-0.39, 0.29) is 0 Å². The lowest BCUT2D eigenvalue weighted by atomic mass is 10.0. The molecule has 2 aromatic carbocycles. The van der Waals surface area contributed by atoms with Gasteiger partial charge < -0.3 is 15.3 Å². The third-order valence-electron chi connectivity index (χ3n) is 4.63. The lowest BCUT2D eigenvalue weighted by Gasteiger charge is -2.40. The van der Waals surface area contributed by atoms with Gasteiger partial charge in [-0.05, 0) is 18.1 Å². The van der Waals surface area contributed by atoms with Gasteiger partial charge in [0.05, 0.1) is 0 Å². The van der Waals surface area contributed by atoms with Crippen LogP contribution >= 0.6 is 0 Å². The zero-order valence-corrected chi connectivity index (χ0v) is 14.8. The predicted molar refractivity (Wildman–Crippen MR) is 97.9 cm³/mol. The van der Waals surface area contributed by atoms with Gasteiger partial charge in [0, 0.05) is 13.6 Å². The number of aliphatic hydroxyl groups excluding tert-OH is 1. The number of amides is 2. The lowest BCUT2D eigenvalue weighted by Crippen LogP contribution is -2.64. The van der Waals surface area contributed by atoms with Crippen LogP contribution in [-0.2, 0) is 16.1 Å². The van der Waals surface area contributed by atoms with Gasteiger partial charge in [-0.15, -0.1) is 0 Å². The number of nitrogens with one attached hydrogen (secondary N) is 2. The fraction of sp³-hybridized carbons (Fsp3) is 0.300. The Morgan fingerprint density at radius 2 is 1.81 bits per heavy atom. The van der Waals surface area contributed by atoms with E-state index in [1.54, 1.807) is 7.05 Å². The van der Waals surface area contributed by atoms with E-state index in [4.69, 9.17) is 0 Å². The van der Waals surface area contributed by atoms with Crippen LogP contribution in [0.2, 0.25) is 0 Å². The standard InChI is InChI=1S/C20H23N3O3/c1-13-8-10-15(11-9-13)18-22-16(17(24)20(26)23(18)2)19(25)21-12-14-6-4-3-5-7-14/h3-11,16-18,22,24H,12H2,1-2H3,(H,21,25). The molecule has 0 bridgehead atoms. The molecule has 1 aliphatic rings. The van der Waals surface area contributed by atoms with Gasteiger partial charge in [0.1, 0.15) is 12.2 Å². The summed E-state index contributed by atoms with van der Waals surface area (Å²) in [6, 6.07) is 16.2. The van der Waals surface area contributed by atoms with Crippen LogP contribution in [0.25, 0.3) is 0 Å². The van der Waals surface area contributed by atoms with Crippen LogP contribution in [0.5, 0.6) is 0 Å². The number of benzene rings is 2. The Bertz CT molecular complexity index is 777. The lowest BCUT2D eigenvalue weighted by molar-refractivity contribution is -0.154. The van der Waals surface area contributed by atoms with Crippen molar-refractivity contribution in [1.82, 2.24) is 15.5 Å². The summed E-state index contributed by atoms with van der Waals surface area (Å²) in [5.41, 5.74) is 2.92. The first kappa shape index (κ1) is 18.1. The van der Waals surface area contributed by atoms with Crippen molar-refractivity contribution in [2.45, 2.75) is 31.8 Å². The van der Waals surface area contributed by atoms with E-state index < -0.39 is 30.1 Å². The van der Waals surface area contributed by atoms with E-state index in [1.807, 2.05) is 61.5 Å². The second kappa shape index (κ2) is 7.68. The molecule has 0 radical (unpaired) electrons. The number of hydrogen-bond donors (Lipinski definition) is 3. The summed E-state index contributed by atoms with van der Waals surface area (Å²) >= 11 is 0. The van der Waals surface area contributed by atoms with E-state index in [2.05, 4.69) is 10.6 Å². The third kappa shape index (κ3) is 3.76. The third-order valence-corrected chi connectivity index (χ3v) is 4.63. The number of hydrogen-bond acceptors (Lipinski definition) is 4. The maximum Gasteiger partial charge on any atom is 0.254 e. The maximum atomic E-state index is 12.6. The average Bonchev–Trinajstić information content (AvgIpc) is 2.66. The van der Waals surface area contributed by atoms with Crippen LogP contribution in [0.4, 0.5) is 0 Å². The van der Waals surface area contributed by atoms with E-state index in [1.165, 1.54) is 4.90 Å². The molecule has 0 spiro atoms. The summed E-state index contributed by atoms with van der Waals surface area (Å²) in [4.78, 5) is 26.4. The first-order valence-electron chi connectivity index (χ1n) is 8.56. The number of nitrogens with zero attached hydrogens (tertiary/aromatic N) is 1. The van der Waals surface area contributed by atoms with E-state index >= 15 is 0 Å². The fourth-order valence-corrected chi connectivity index (χ4v) is 3.03. The largest absolute Gasteiger partial charge is 0.381 e. The maximum absolute atomic E-state index is 12.6. The summed E-state index contributed by atoms with van der Waals surface area (Å²) in [6.07, 6.45) is -1.89. The van der Waals surface area contributed by atoms with Gasteiger partial charge in [-0.2, -0.15) is 0 Å². The van der Waals surface area contributed by atoms with E-state index in [0.29, 0.717) is 6.54 Å². The van der Waals surface area contributed by atoms with Crippen molar-refractivity contribution in [3.63, 3.8) is 0 Å². The van der Waals surface area contributed by atoms with Crippen LogP contribution in [-0.4, -0.2) is 41.0 Å². The minimum absolute atomic E-state index is 0.337. The Morgan fingerprint density at radius 3 is 2.46 bits per heavy atom. The smallest absolute Gasteiger partial charge is 0.254 e. The Morgan fingerprint density at radius 1 is 1.15 bits per heavy atom. The Hall–Kier alpha value is -2.70. The number of rotatable bonds is 4. The van der Waals surface area contributed by atoms with Crippen molar-refractivity contribution >= 4 is 11.8 Å². The summed E-state index contributed by atoms with van der Waals surface area (Å²) in [5.74, 6) is -0.880. The highest BCUT2D eigenvalue weighted by Gasteiger charge is 2.42. The molecule has 3 rings (SSSR count). The molecule has 0 aliphatic carbocycles. The van der Waals surface area contributed by atoms with Gasteiger partial charge in [0.25, 0.3) is 5.91 Å². The van der Waals surface area contributed by atoms with Crippen molar-refractivity contribution in [3.05, 3.63) is 71.3 Å². The molecule has 3 N–H and O–H groups in total. The number of aryl methyl sites for hydroxylation is 1. The molecule has 0 saturated carbocycles. The molecule has 1 fully saturated rings. The van der Waals surface area contributed by atoms with Gasteiger partial charge in [-0.1, -0.05) is 60.2 Å². The second-order valence-corrected chi connectivity index (χ2v) is 6.55. The van der Waals surface area contributed by atoms with Gasteiger partial charge >= 0.3 is 0 Å². The molecule has 136 valence electrons. The molecule has 6 heteroatoms. The zero-order valence-electron chi connectivity index (χ0n) is 14.8. The summed E-state index contributed by atoms with van der Waals surface area (Å²) in [5, 5.41) is 16.2. The predicted octanol–water partition coefficient (Wildman–Crippen LogP) is 1.10. The van der Waals surface area contributed by atoms with Gasteiger partial charge in [-0.25, -0.2) is 0 Å². The van der Waals surface area contributed by atoms with E-state index in [0.717, 1.165) is 16.7 Å². The highest BCUT2D eigenvalue weighted by atomic mass is 16.3. The number of carbonyl (C=O) groups is 2. The molecule has 3 unspecified atom stereocenters. The monoisotopic (exact) mass is 353 g/mol. The van der Waals surface area contributed by atoms with Gasteiger partial charge in [0.15, 0.2) is 6.10 Å². The van der Waals surface area contributed by atoms with Crippen LogP contribution in [0.1, 0.15) is 22.9 Å². The molecule has 26 heavy (non-hydrogen) atoms. The van der Waals surface area contributed by atoms with Crippen molar-refractivity contribution < 1.29 is 14.7 Å². The molecule has 1 aliphatic heterocycles. The van der Waals surface area contributed by atoms with Crippen LogP contribution in [0.15, 0.2) is 54.6 Å². The highest BCUT2D eigenvalue weighted by molar-refractivity contribution is 5.92. The van der Waals surface area contributed by atoms with Crippen molar-refractivity contribution in [2.75, 3.05) is 7.05 Å². The summed E-state index contributed by atoms with van der Waals surface area (Å²) in [7, 11) is 1.61. The van der Waals surface area contributed by atoms with Crippen LogP contribution in [0, 0.1) is 6.92 Å². The summed E-state index contributed by atoms with van der Waals surface area (Å²) in [6.45, 7) is 2.32. The Labute approximate surface area is 152 Å². The zero-order chi connectivity index (χ0) is 18.7. The van der Waals surface area contributed by atoms with Crippen molar-refractivity contribution in [2.24, 2.45) is 0 Å². The topological polar surface area (TPSA) is 81.7 Å². The molecule has 2 amide bonds. The summed E-state index contributed by atoms with van der Waals surface area (Å²) < 4.78 is 0. The minimum Gasteiger partial charge on any atom is -0.381 e. The van der Waals surface area contributed by atoms with Crippen LogP contribution < -0.4 is 10.6 Å². The molecule has 1 saturated heterocycles. The van der Waals surface area contributed by atoms with Crippen molar-refractivity contribution in [1.29, 1.82) is 0 Å². The number of aliphatic hydroxyl groups is 1. The first-order chi connectivity index (χ1) is 12.5. The number of carbonyl (C=O) groups excluding carboxylic acids is 2. The van der Waals surface area contributed by atoms with E-state index in [9.17, 15) is 14.7 Å². The minimum atomic E-state index is -1.42. The normalized spacial score (nSPS) is 23.0. The molecule has 2 aromatic rings. The van der Waals surface area contributed by atoms with Crippen LogP contribution in [0.3, 0.4) is 0 Å². The average molecular weight is 353 g/mol. The van der Waals surface area contributed by atoms with Gasteiger partial charge in [0.2, 0.25) is 5.91 Å². The SMILES string of the molecule is Cc1ccc(C2NC(C(=O)NCc3ccccc3)C(O)C(=O)N2C)cc1. The molecule has 0 aromatic heterocycles. The molecule has 1 heterocycles.